The van der Waals surface area contributed by atoms with Crippen LogP contribution in [0.4, 0.5) is 0 Å². The fourth-order valence-electron chi connectivity index (χ4n) is 2.56. The molecule has 1 aromatic carbocycles. The summed E-state index contributed by atoms with van der Waals surface area (Å²) in [7, 11) is 0. The topological polar surface area (TPSA) is 26.5 Å². The lowest BCUT2D eigenvalue weighted by molar-refractivity contribution is 0.304. The highest BCUT2D eigenvalue weighted by atomic mass is 35.5. The highest BCUT2D eigenvalue weighted by molar-refractivity contribution is 6.30. The number of hydrogen-bond donors (Lipinski definition) is 0. The normalized spacial score (nSPS) is 14.5. The molecule has 21 heavy (non-hydrogen) atoms. The number of benzene rings is 1. The lowest BCUT2D eigenvalue weighted by Crippen LogP contribution is -1.97. The molecule has 0 atom stereocenters. The Balaban J connectivity index is 1.62. The van der Waals surface area contributed by atoms with E-state index in [-0.39, 0.29) is 0 Å². The minimum absolute atomic E-state index is 0.553. The number of halogens is 1. The van der Waals surface area contributed by atoms with Gasteiger partial charge in [-0.15, -0.1) is 0 Å². The van der Waals surface area contributed by atoms with Crippen LogP contribution in [-0.2, 0) is 6.61 Å². The number of fused-ring (bicyclic) bond motifs is 1. The lowest BCUT2D eigenvalue weighted by Gasteiger charge is -2.08. The molecule has 0 aliphatic heterocycles. The summed E-state index contributed by atoms with van der Waals surface area (Å²) in [6.45, 7) is 0.563. The zero-order valence-electron chi connectivity index (χ0n) is 11.5. The SMILES string of the molecule is Clc1nc2ccc(OCc3ccccc3)cn2c1C1CC1. The van der Waals surface area contributed by atoms with Gasteiger partial charge in [0.05, 0.1) is 11.9 Å². The van der Waals surface area contributed by atoms with E-state index >= 15 is 0 Å². The van der Waals surface area contributed by atoms with Crippen molar-refractivity contribution in [3.8, 4) is 5.75 Å². The van der Waals surface area contributed by atoms with E-state index in [1.165, 1.54) is 12.8 Å². The summed E-state index contributed by atoms with van der Waals surface area (Å²) < 4.78 is 7.94. The molecule has 2 aromatic heterocycles. The van der Waals surface area contributed by atoms with Crippen LogP contribution in [0.3, 0.4) is 0 Å². The van der Waals surface area contributed by atoms with E-state index in [4.69, 9.17) is 16.3 Å². The molecule has 0 N–H and O–H groups in total. The Hall–Kier alpha value is -2.00. The predicted molar refractivity (Wildman–Crippen MR) is 83.0 cm³/mol. The van der Waals surface area contributed by atoms with E-state index in [2.05, 4.69) is 21.5 Å². The highest BCUT2D eigenvalue weighted by Gasteiger charge is 2.29. The van der Waals surface area contributed by atoms with Gasteiger partial charge in [-0.1, -0.05) is 41.9 Å². The molecule has 1 fully saturated rings. The highest BCUT2D eigenvalue weighted by Crippen LogP contribution is 2.43. The van der Waals surface area contributed by atoms with Gasteiger partial charge in [0, 0.05) is 5.92 Å². The van der Waals surface area contributed by atoms with Crippen LogP contribution in [0.2, 0.25) is 5.15 Å². The average molecular weight is 299 g/mol. The lowest BCUT2D eigenvalue weighted by atomic mass is 10.2. The maximum absolute atomic E-state index is 6.26. The second kappa shape index (κ2) is 5.08. The second-order valence-corrected chi connectivity index (χ2v) is 5.79. The Labute approximate surface area is 128 Å². The summed E-state index contributed by atoms with van der Waals surface area (Å²) in [6.07, 6.45) is 4.38. The van der Waals surface area contributed by atoms with Crippen molar-refractivity contribution in [3.63, 3.8) is 0 Å². The Kier molecular flexibility index (Phi) is 3.08. The van der Waals surface area contributed by atoms with E-state index < -0.39 is 0 Å². The maximum Gasteiger partial charge on any atom is 0.151 e. The first-order chi connectivity index (χ1) is 10.3. The van der Waals surface area contributed by atoms with Gasteiger partial charge in [0.1, 0.15) is 18.0 Å². The zero-order valence-corrected chi connectivity index (χ0v) is 12.3. The van der Waals surface area contributed by atoms with Crippen molar-refractivity contribution in [1.82, 2.24) is 9.38 Å². The third-order valence-corrected chi connectivity index (χ3v) is 4.07. The van der Waals surface area contributed by atoms with Crippen molar-refractivity contribution in [2.45, 2.75) is 25.4 Å². The third-order valence-electron chi connectivity index (χ3n) is 3.80. The van der Waals surface area contributed by atoms with Crippen molar-refractivity contribution in [2.24, 2.45) is 0 Å². The Bertz CT molecular complexity index is 778. The summed E-state index contributed by atoms with van der Waals surface area (Å²) in [5.74, 6) is 1.39. The summed E-state index contributed by atoms with van der Waals surface area (Å²) in [6, 6.07) is 14.1. The fraction of sp³-hybridized carbons (Fsp3) is 0.235. The van der Waals surface area contributed by atoms with E-state index in [0.29, 0.717) is 17.7 Å². The monoisotopic (exact) mass is 298 g/mol. The molecule has 0 spiro atoms. The Morgan fingerprint density at radius 3 is 2.71 bits per heavy atom. The van der Waals surface area contributed by atoms with Crippen LogP contribution in [0.15, 0.2) is 48.7 Å². The third kappa shape index (κ3) is 2.49. The Morgan fingerprint density at radius 2 is 1.95 bits per heavy atom. The molecular weight excluding hydrogens is 284 g/mol. The van der Waals surface area contributed by atoms with Gasteiger partial charge in [0.15, 0.2) is 5.15 Å². The van der Waals surface area contributed by atoms with Crippen LogP contribution in [0.5, 0.6) is 5.75 Å². The van der Waals surface area contributed by atoms with Crippen LogP contribution < -0.4 is 4.74 Å². The van der Waals surface area contributed by atoms with E-state index in [9.17, 15) is 0 Å². The zero-order chi connectivity index (χ0) is 14.2. The number of nitrogens with zero attached hydrogens (tertiary/aromatic N) is 2. The van der Waals surface area contributed by atoms with Gasteiger partial charge in [-0.25, -0.2) is 4.98 Å². The van der Waals surface area contributed by atoms with Crippen LogP contribution in [0.25, 0.3) is 5.65 Å². The molecule has 2 heterocycles. The van der Waals surface area contributed by atoms with Crippen molar-refractivity contribution < 1.29 is 4.74 Å². The molecule has 1 saturated carbocycles. The van der Waals surface area contributed by atoms with E-state index in [0.717, 1.165) is 22.7 Å². The van der Waals surface area contributed by atoms with Gasteiger partial charge in [-0.3, -0.25) is 4.40 Å². The first kappa shape index (κ1) is 12.7. The minimum Gasteiger partial charge on any atom is -0.487 e. The van der Waals surface area contributed by atoms with Crippen molar-refractivity contribution >= 4 is 17.2 Å². The number of hydrogen-bond acceptors (Lipinski definition) is 2. The molecule has 3 nitrogen and oxygen atoms in total. The van der Waals surface area contributed by atoms with Gasteiger partial charge in [0.2, 0.25) is 0 Å². The van der Waals surface area contributed by atoms with Gasteiger partial charge in [0.25, 0.3) is 0 Å². The average Bonchev–Trinajstić information content (AvgIpc) is 3.28. The molecule has 106 valence electrons. The molecule has 0 amide bonds. The quantitative estimate of drug-likeness (QED) is 0.711. The van der Waals surface area contributed by atoms with Gasteiger partial charge >= 0.3 is 0 Å². The largest absolute Gasteiger partial charge is 0.487 e. The molecule has 0 bridgehead atoms. The number of ether oxygens (including phenoxy) is 1. The fourth-order valence-corrected chi connectivity index (χ4v) is 2.89. The maximum atomic E-state index is 6.26. The molecule has 4 heteroatoms. The van der Waals surface area contributed by atoms with Crippen LogP contribution >= 0.6 is 11.6 Å². The first-order valence-corrected chi connectivity index (χ1v) is 7.53. The number of pyridine rings is 1. The summed E-state index contributed by atoms with van der Waals surface area (Å²) in [5, 5.41) is 0.623. The molecule has 4 rings (SSSR count). The predicted octanol–water partition coefficient (Wildman–Crippen LogP) is 4.44. The first-order valence-electron chi connectivity index (χ1n) is 7.15. The number of aromatic nitrogens is 2. The number of imidazole rings is 1. The van der Waals surface area contributed by atoms with Gasteiger partial charge < -0.3 is 4.74 Å². The second-order valence-electron chi connectivity index (χ2n) is 5.43. The van der Waals surface area contributed by atoms with Crippen LogP contribution in [-0.4, -0.2) is 9.38 Å². The van der Waals surface area contributed by atoms with E-state index in [1.807, 2.05) is 36.5 Å². The molecule has 0 radical (unpaired) electrons. The Morgan fingerprint density at radius 1 is 1.14 bits per heavy atom. The molecule has 0 unspecified atom stereocenters. The van der Waals surface area contributed by atoms with Crippen molar-refractivity contribution in [1.29, 1.82) is 0 Å². The van der Waals surface area contributed by atoms with Gasteiger partial charge in [-0.2, -0.15) is 0 Å². The molecule has 3 aromatic rings. The molecule has 1 aliphatic rings. The standard InChI is InChI=1S/C17H15ClN2O/c18-17-16(13-6-7-13)20-10-14(8-9-15(20)19-17)21-11-12-4-2-1-3-5-12/h1-5,8-10,13H,6-7,11H2. The van der Waals surface area contributed by atoms with Crippen LogP contribution in [0, 0.1) is 0 Å². The molecule has 0 saturated heterocycles. The minimum atomic E-state index is 0.553. The molecular formula is C17H15ClN2O. The summed E-state index contributed by atoms with van der Waals surface area (Å²) in [4.78, 5) is 4.41. The van der Waals surface area contributed by atoms with Crippen LogP contribution in [0.1, 0.15) is 30.0 Å². The number of rotatable bonds is 4. The van der Waals surface area contributed by atoms with Crippen molar-refractivity contribution in [3.05, 3.63) is 65.1 Å². The smallest absolute Gasteiger partial charge is 0.151 e. The van der Waals surface area contributed by atoms with Crippen molar-refractivity contribution in [2.75, 3.05) is 0 Å². The van der Waals surface area contributed by atoms with Gasteiger partial charge in [-0.05, 0) is 30.5 Å². The summed E-state index contributed by atoms with van der Waals surface area (Å²) in [5.41, 5.74) is 3.16. The molecule has 1 aliphatic carbocycles. The summed E-state index contributed by atoms with van der Waals surface area (Å²) >= 11 is 6.26. The van der Waals surface area contributed by atoms with E-state index in [1.54, 1.807) is 0 Å².